The first kappa shape index (κ1) is 11.7. The third-order valence-corrected chi connectivity index (χ3v) is 2.89. The fourth-order valence-corrected chi connectivity index (χ4v) is 1.83. The van der Waals surface area contributed by atoms with Gasteiger partial charge in [0.2, 0.25) is 0 Å². The van der Waals surface area contributed by atoms with Gasteiger partial charge in [-0.15, -0.1) is 0 Å². The molecule has 0 bridgehead atoms. The third kappa shape index (κ3) is 3.09. The Hall–Kier alpha value is -1.77. The van der Waals surface area contributed by atoms with Gasteiger partial charge in [0.15, 0.2) is 0 Å². The summed E-state index contributed by atoms with van der Waals surface area (Å²) in [5, 5.41) is 3.37. The maximum absolute atomic E-state index is 4.26. The van der Waals surface area contributed by atoms with Crippen molar-refractivity contribution in [2.24, 2.45) is 0 Å². The molecule has 0 fully saturated rings. The van der Waals surface area contributed by atoms with E-state index in [0.717, 1.165) is 30.0 Å². The van der Waals surface area contributed by atoms with Gasteiger partial charge in [0.25, 0.3) is 0 Å². The fourth-order valence-electron chi connectivity index (χ4n) is 1.83. The number of nitrogens with one attached hydrogen (secondary N) is 2. The molecule has 0 saturated carbocycles. The van der Waals surface area contributed by atoms with E-state index >= 15 is 0 Å². The van der Waals surface area contributed by atoms with E-state index in [2.05, 4.69) is 46.5 Å². The van der Waals surface area contributed by atoms with Gasteiger partial charge in [0, 0.05) is 11.4 Å². The van der Waals surface area contributed by atoms with Crippen LogP contribution in [0.4, 0.5) is 5.69 Å². The molecule has 0 radical (unpaired) electrons. The average molecular weight is 229 g/mol. The maximum atomic E-state index is 4.26. The zero-order valence-corrected chi connectivity index (χ0v) is 10.5. The molecule has 1 aromatic carbocycles. The van der Waals surface area contributed by atoms with E-state index in [1.165, 1.54) is 12.0 Å². The minimum atomic E-state index is 0.766. The molecular formula is C14H19N3. The highest BCUT2D eigenvalue weighted by Crippen LogP contribution is 2.12. The number of anilines is 1. The molecule has 3 nitrogen and oxygen atoms in total. The van der Waals surface area contributed by atoms with Crippen LogP contribution in [-0.4, -0.2) is 9.97 Å². The van der Waals surface area contributed by atoms with Crippen LogP contribution in [0.2, 0.25) is 0 Å². The lowest BCUT2D eigenvalue weighted by Crippen LogP contribution is -2.01. The molecule has 0 atom stereocenters. The molecule has 17 heavy (non-hydrogen) atoms. The van der Waals surface area contributed by atoms with Gasteiger partial charge >= 0.3 is 0 Å². The standard InChI is InChI=1S/C14H19N3/c1-3-4-12-5-7-13(8-6-12)15-9-14-11(2)16-10-17-14/h5-8,10,15H,3-4,9H2,1-2H3,(H,16,17). The van der Waals surface area contributed by atoms with E-state index in [9.17, 15) is 0 Å². The quantitative estimate of drug-likeness (QED) is 0.826. The summed E-state index contributed by atoms with van der Waals surface area (Å²) in [5.74, 6) is 0. The van der Waals surface area contributed by atoms with Gasteiger partial charge in [-0.1, -0.05) is 25.5 Å². The summed E-state index contributed by atoms with van der Waals surface area (Å²) in [6, 6.07) is 8.63. The van der Waals surface area contributed by atoms with E-state index < -0.39 is 0 Å². The van der Waals surface area contributed by atoms with Crippen LogP contribution in [0.5, 0.6) is 0 Å². The molecule has 2 rings (SSSR count). The first-order valence-corrected chi connectivity index (χ1v) is 6.11. The van der Waals surface area contributed by atoms with Crippen molar-refractivity contribution in [3.8, 4) is 0 Å². The Morgan fingerprint density at radius 1 is 1.24 bits per heavy atom. The Morgan fingerprint density at radius 3 is 2.59 bits per heavy atom. The van der Waals surface area contributed by atoms with Crippen LogP contribution in [0.15, 0.2) is 30.6 Å². The van der Waals surface area contributed by atoms with Crippen molar-refractivity contribution in [2.75, 3.05) is 5.32 Å². The van der Waals surface area contributed by atoms with Crippen molar-refractivity contribution in [1.82, 2.24) is 9.97 Å². The Bertz CT molecular complexity index is 457. The first-order chi connectivity index (χ1) is 8.29. The molecule has 1 heterocycles. The number of hydrogen-bond acceptors (Lipinski definition) is 2. The zero-order valence-electron chi connectivity index (χ0n) is 10.5. The third-order valence-electron chi connectivity index (χ3n) is 2.89. The van der Waals surface area contributed by atoms with E-state index in [-0.39, 0.29) is 0 Å². The van der Waals surface area contributed by atoms with Crippen molar-refractivity contribution < 1.29 is 0 Å². The number of rotatable bonds is 5. The van der Waals surface area contributed by atoms with Crippen molar-refractivity contribution >= 4 is 5.69 Å². The van der Waals surface area contributed by atoms with Crippen LogP contribution in [0, 0.1) is 6.92 Å². The fraction of sp³-hybridized carbons (Fsp3) is 0.357. The number of aryl methyl sites for hydroxylation is 2. The molecule has 0 saturated heterocycles. The van der Waals surface area contributed by atoms with E-state index in [4.69, 9.17) is 0 Å². The van der Waals surface area contributed by atoms with Crippen LogP contribution in [0.25, 0.3) is 0 Å². The van der Waals surface area contributed by atoms with E-state index in [0.29, 0.717) is 0 Å². The largest absolute Gasteiger partial charge is 0.379 e. The lowest BCUT2D eigenvalue weighted by molar-refractivity contribution is 0.921. The van der Waals surface area contributed by atoms with Gasteiger partial charge in [0.1, 0.15) is 0 Å². The molecule has 2 N–H and O–H groups in total. The zero-order chi connectivity index (χ0) is 12.1. The van der Waals surface area contributed by atoms with Crippen LogP contribution >= 0.6 is 0 Å². The summed E-state index contributed by atoms with van der Waals surface area (Å²) in [6.07, 6.45) is 4.08. The highest BCUT2D eigenvalue weighted by atomic mass is 14.9. The molecular weight excluding hydrogens is 210 g/mol. The molecule has 0 aliphatic rings. The molecule has 3 heteroatoms. The van der Waals surface area contributed by atoms with E-state index in [1.807, 2.05) is 6.92 Å². The minimum absolute atomic E-state index is 0.766. The normalized spacial score (nSPS) is 10.5. The highest BCUT2D eigenvalue weighted by Gasteiger charge is 2.00. The average Bonchev–Trinajstić information content (AvgIpc) is 2.75. The van der Waals surface area contributed by atoms with Gasteiger partial charge in [-0.05, 0) is 31.0 Å². The number of hydrogen-bond donors (Lipinski definition) is 2. The lowest BCUT2D eigenvalue weighted by Gasteiger charge is -2.06. The predicted molar refractivity (Wildman–Crippen MR) is 71.1 cm³/mol. The molecule has 0 spiro atoms. The molecule has 0 aliphatic carbocycles. The Kier molecular flexibility index (Phi) is 3.81. The number of imidazole rings is 1. The molecule has 0 amide bonds. The molecule has 1 aromatic heterocycles. The minimum Gasteiger partial charge on any atom is -0.379 e. The maximum Gasteiger partial charge on any atom is 0.0925 e. The second kappa shape index (κ2) is 5.53. The summed E-state index contributed by atoms with van der Waals surface area (Å²) >= 11 is 0. The van der Waals surface area contributed by atoms with Gasteiger partial charge < -0.3 is 10.3 Å². The van der Waals surface area contributed by atoms with Crippen molar-refractivity contribution in [2.45, 2.75) is 33.2 Å². The summed E-state index contributed by atoms with van der Waals surface area (Å²) < 4.78 is 0. The lowest BCUT2D eigenvalue weighted by atomic mass is 10.1. The number of H-pyrrole nitrogens is 1. The van der Waals surface area contributed by atoms with Crippen LogP contribution in [0.3, 0.4) is 0 Å². The molecule has 0 unspecified atom stereocenters. The molecule has 2 aromatic rings. The van der Waals surface area contributed by atoms with Gasteiger partial charge in [-0.3, -0.25) is 0 Å². The summed E-state index contributed by atoms with van der Waals surface area (Å²) in [6.45, 7) is 5.00. The summed E-state index contributed by atoms with van der Waals surface area (Å²) in [5.41, 5.74) is 4.74. The summed E-state index contributed by atoms with van der Waals surface area (Å²) in [7, 11) is 0. The smallest absolute Gasteiger partial charge is 0.0925 e. The van der Waals surface area contributed by atoms with Crippen molar-refractivity contribution in [3.05, 3.63) is 47.5 Å². The number of nitrogens with zero attached hydrogens (tertiary/aromatic N) is 1. The van der Waals surface area contributed by atoms with Gasteiger partial charge in [-0.25, -0.2) is 4.98 Å². The second-order valence-electron chi connectivity index (χ2n) is 4.27. The van der Waals surface area contributed by atoms with Crippen molar-refractivity contribution in [1.29, 1.82) is 0 Å². The molecule has 90 valence electrons. The Morgan fingerprint density at radius 2 is 2.00 bits per heavy atom. The summed E-state index contributed by atoms with van der Waals surface area (Å²) in [4.78, 5) is 7.34. The number of benzene rings is 1. The van der Waals surface area contributed by atoms with Gasteiger partial charge in [0.05, 0.1) is 18.6 Å². The SMILES string of the molecule is CCCc1ccc(NCc2nc[nH]c2C)cc1. The first-order valence-electron chi connectivity index (χ1n) is 6.11. The Balaban J connectivity index is 1.93. The second-order valence-corrected chi connectivity index (χ2v) is 4.27. The van der Waals surface area contributed by atoms with Crippen molar-refractivity contribution in [3.63, 3.8) is 0 Å². The van der Waals surface area contributed by atoms with Crippen LogP contribution in [0.1, 0.15) is 30.3 Å². The Labute approximate surface area is 102 Å². The molecule has 0 aliphatic heterocycles. The number of aromatic nitrogens is 2. The van der Waals surface area contributed by atoms with E-state index in [1.54, 1.807) is 6.33 Å². The monoisotopic (exact) mass is 229 g/mol. The predicted octanol–water partition coefficient (Wildman–Crippen LogP) is 3.28. The number of aromatic amines is 1. The van der Waals surface area contributed by atoms with Gasteiger partial charge in [-0.2, -0.15) is 0 Å². The van der Waals surface area contributed by atoms with Crippen LogP contribution in [-0.2, 0) is 13.0 Å². The highest BCUT2D eigenvalue weighted by molar-refractivity contribution is 5.45. The van der Waals surface area contributed by atoms with Crippen LogP contribution < -0.4 is 5.32 Å². The topological polar surface area (TPSA) is 40.7 Å².